The fraction of sp³-hybridized carbons (Fsp3) is 0.360. The fourth-order valence-electron chi connectivity index (χ4n) is 4.89. The van der Waals surface area contributed by atoms with E-state index >= 15 is 0 Å². The summed E-state index contributed by atoms with van der Waals surface area (Å²) in [5.74, 6) is -1.03. The molecular weight excluding hydrogens is 482 g/mol. The molecule has 12 nitrogen and oxygen atoms in total. The van der Waals surface area contributed by atoms with Crippen molar-refractivity contribution in [3.05, 3.63) is 67.0 Å². The molecule has 0 radical (unpaired) electrons. The minimum absolute atomic E-state index is 0.00694. The first-order chi connectivity index (χ1) is 17.7. The Morgan fingerprint density at radius 2 is 2.08 bits per heavy atom. The number of pyridine rings is 2. The van der Waals surface area contributed by atoms with Crippen LogP contribution in [-0.4, -0.2) is 63.9 Å². The monoisotopic (exact) mass is 507 g/mol. The van der Waals surface area contributed by atoms with Crippen molar-refractivity contribution in [1.82, 2.24) is 14.5 Å². The first-order valence-electron chi connectivity index (χ1n) is 11.7. The Hall–Kier alpha value is -4.16. The summed E-state index contributed by atoms with van der Waals surface area (Å²) in [7, 11) is 3.83. The third kappa shape index (κ3) is 3.76. The smallest absolute Gasteiger partial charge is 0.343 e. The number of carbonyl (C=O) groups is 1. The summed E-state index contributed by atoms with van der Waals surface area (Å²) in [6.45, 7) is 2.04. The molecule has 5 rings (SSSR count). The molecule has 0 aliphatic carbocycles. The summed E-state index contributed by atoms with van der Waals surface area (Å²) >= 11 is 0. The van der Waals surface area contributed by atoms with Gasteiger partial charge in [0.05, 0.1) is 34.3 Å². The predicted molar refractivity (Wildman–Crippen MR) is 133 cm³/mol. The van der Waals surface area contributed by atoms with Gasteiger partial charge in [-0.05, 0) is 26.6 Å². The minimum Gasteiger partial charge on any atom is -0.458 e. The SMILES string of the molecule is CC[C@@]1(O)C(=O)OCc2c1c([N+](=O)[O-])c1n(c2=O)Cc2c-1nc1ccccc1c2C=NOCCN(C)C. The lowest BCUT2D eigenvalue weighted by Crippen LogP contribution is -2.45. The van der Waals surface area contributed by atoms with Crippen LogP contribution in [0.15, 0.2) is 34.2 Å². The molecule has 0 bridgehead atoms. The topological polar surface area (TPSA) is 149 Å². The maximum atomic E-state index is 13.6. The Morgan fingerprint density at radius 1 is 1.32 bits per heavy atom. The molecule has 2 aromatic heterocycles. The van der Waals surface area contributed by atoms with E-state index in [0.717, 1.165) is 5.39 Å². The van der Waals surface area contributed by atoms with E-state index in [2.05, 4.69) is 10.1 Å². The van der Waals surface area contributed by atoms with Crippen LogP contribution in [0, 0.1) is 10.1 Å². The Kier molecular flexibility index (Phi) is 6.00. The van der Waals surface area contributed by atoms with Crippen LogP contribution in [0.5, 0.6) is 0 Å². The van der Waals surface area contributed by atoms with Crippen LogP contribution < -0.4 is 5.56 Å². The molecule has 0 unspecified atom stereocenters. The highest BCUT2D eigenvalue weighted by molar-refractivity contribution is 6.03. The number of nitro groups is 1. The average Bonchev–Trinajstić information content (AvgIpc) is 3.25. The zero-order chi connectivity index (χ0) is 26.5. The van der Waals surface area contributed by atoms with Crippen molar-refractivity contribution >= 4 is 28.8 Å². The number of ether oxygens (including phenoxy) is 1. The first kappa shape index (κ1) is 24.5. The highest BCUT2D eigenvalue weighted by Gasteiger charge is 2.52. The van der Waals surface area contributed by atoms with Gasteiger partial charge in [0, 0.05) is 23.1 Å². The highest BCUT2D eigenvalue weighted by Crippen LogP contribution is 2.46. The summed E-state index contributed by atoms with van der Waals surface area (Å²) in [6, 6.07) is 7.22. The van der Waals surface area contributed by atoms with E-state index in [1.54, 1.807) is 12.1 Å². The Morgan fingerprint density at radius 3 is 2.78 bits per heavy atom. The fourth-order valence-corrected chi connectivity index (χ4v) is 4.89. The third-order valence-corrected chi connectivity index (χ3v) is 6.79. The van der Waals surface area contributed by atoms with E-state index in [9.17, 15) is 24.8 Å². The van der Waals surface area contributed by atoms with Gasteiger partial charge in [-0.3, -0.25) is 19.5 Å². The maximum Gasteiger partial charge on any atom is 0.343 e. The summed E-state index contributed by atoms with van der Waals surface area (Å²) in [5, 5.41) is 28.5. The number of aliphatic hydroxyl groups is 1. The van der Waals surface area contributed by atoms with Crippen molar-refractivity contribution in [2.75, 3.05) is 27.2 Å². The first-order valence-corrected chi connectivity index (χ1v) is 11.7. The number of hydrogen-bond donors (Lipinski definition) is 1. The number of hydrogen-bond acceptors (Lipinski definition) is 10. The molecule has 0 saturated heterocycles. The van der Waals surface area contributed by atoms with E-state index in [4.69, 9.17) is 9.57 Å². The number of fused-ring (bicyclic) bond motifs is 5. The molecule has 0 saturated carbocycles. The molecule has 0 fully saturated rings. The zero-order valence-electron chi connectivity index (χ0n) is 20.6. The van der Waals surface area contributed by atoms with Gasteiger partial charge in [-0.1, -0.05) is 30.3 Å². The van der Waals surface area contributed by atoms with Crippen LogP contribution >= 0.6 is 0 Å². The van der Waals surface area contributed by atoms with Crippen molar-refractivity contribution in [2.45, 2.75) is 32.1 Å². The van der Waals surface area contributed by atoms with Gasteiger partial charge in [0.15, 0.2) is 5.60 Å². The lowest BCUT2D eigenvalue weighted by atomic mass is 9.84. The van der Waals surface area contributed by atoms with E-state index in [1.807, 2.05) is 31.1 Å². The maximum absolute atomic E-state index is 13.6. The number of rotatable bonds is 7. The number of oxime groups is 1. The number of benzene rings is 1. The molecule has 0 spiro atoms. The number of cyclic esters (lactones) is 1. The molecule has 12 heteroatoms. The Labute approximate surface area is 210 Å². The van der Waals surface area contributed by atoms with Crippen molar-refractivity contribution in [3.63, 3.8) is 0 Å². The van der Waals surface area contributed by atoms with Gasteiger partial charge in [0.1, 0.15) is 24.6 Å². The lowest BCUT2D eigenvalue weighted by Gasteiger charge is -2.31. The second-order valence-corrected chi connectivity index (χ2v) is 9.23. The number of esters is 1. The Bertz CT molecular complexity index is 1540. The van der Waals surface area contributed by atoms with E-state index < -0.39 is 34.3 Å². The molecule has 2 aliphatic rings. The van der Waals surface area contributed by atoms with Crippen molar-refractivity contribution < 1.29 is 24.4 Å². The highest BCUT2D eigenvalue weighted by atomic mass is 16.6. The van der Waals surface area contributed by atoms with Gasteiger partial charge in [0.2, 0.25) is 0 Å². The third-order valence-electron chi connectivity index (χ3n) is 6.79. The van der Waals surface area contributed by atoms with Crippen LogP contribution in [0.4, 0.5) is 5.69 Å². The number of nitrogens with zero attached hydrogens (tertiary/aromatic N) is 5. The van der Waals surface area contributed by atoms with Crippen molar-refractivity contribution in [1.29, 1.82) is 0 Å². The number of aromatic nitrogens is 2. The molecule has 37 heavy (non-hydrogen) atoms. The van der Waals surface area contributed by atoms with E-state index in [1.165, 1.54) is 17.7 Å². The second kappa shape index (κ2) is 9.05. The predicted octanol–water partition coefficient (Wildman–Crippen LogP) is 1.90. The lowest BCUT2D eigenvalue weighted by molar-refractivity contribution is -0.386. The minimum atomic E-state index is -2.32. The van der Waals surface area contributed by atoms with Gasteiger partial charge in [0.25, 0.3) is 5.56 Å². The summed E-state index contributed by atoms with van der Waals surface area (Å²) in [4.78, 5) is 49.9. The van der Waals surface area contributed by atoms with Gasteiger partial charge < -0.3 is 19.6 Å². The molecule has 0 amide bonds. The van der Waals surface area contributed by atoms with Gasteiger partial charge in [-0.2, -0.15) is 0 Å². The van der Waals surface area contributed by atoms with Crippen LogP contribution in [0.3, 0.4) is 0 Å². The van der Waals surface area contributed by atoms with Crippen LogP contribution in [0.25, 0.3) is 22.3 Å². The van der Waals surface area contributed by atoms with Crippen molar-refractivity contribution in [3.8, 4) is 11.4 Å². The second-order valence-electron chi connectivity index (χ2n) is 9.23. The number of likely N-dealkylation sites (N-methyl/N-ethyl adjacent to an activating group) is 1. The summed E-state index contributed by atoms with van der Waals surface area (Å²) in [5.41, 5.74) is -2.01. The Balaban J connectivity index is 1.78. The van der Waals surface area contributed by atoms with Gasteiger partial charge >= 0.3 is 11.7 Å². The quantitative estimate of drug-likeness (QED) is 0.130. The van der Waals surface area contributed by atoms with Gasteiger partial charge in [-0.15, -0.1) is 0 Å². The standard InChI is InChI=1S/C25H25N5O7/c1-4-25(33)19-17(13-36-24(25)32)23(31)29-12-16-15(11-26-37-10-9-28(2)3)14-7-5-6-8-18(14)27-20(16)22(29)21(19)30(34)35/h5-8,11,33H,4,9-10,12-13H2,1-3H3/t25-/m0/s1. The molecule has 3 aromatic rings. The molecule has 192 valence electrons. The normalized spacial score (nSPS) is 18.1. The molecule has 1 aromatic carbocycles. The summed E-state index contributed by atoms with van der Waals surface area (Å²) < 4.78 is 6.32. The van der Waals surface area contributed by atoms with Gasteiger partial charge in [-0.25, -0.2) is 9.78 Å². The molecule has 1 N–H and O–H groups in total. The average molecular weight is 508 g/mol. The number of para-hydroxylation sites is 1. The zero-order valence-corrected chi connectivity index (χ0v) is 20.6. The summed E-state index contributed by atoms with van der Waals surface area (Å²) in [6.07, 6.45) is 1.32. The molecule has 2 aliphatic heterocycles. The van der Waals surface area contributed by atoms with Crippen molar-refractivity contribution in [2.24, 2.45) is 5.16 Å². The molecule has 4 heterocycles. The van der Waals surface area contributed by atoms with E-state index in [0.29, 0.717) is 29.8 Å². The largest absolute Gasteiger partial charge is 0.458 e. The molecule has 1 atom stereocenters. The van der Waals surface area contributed by atoms with Crippen LogP contribution in [0.2, 0.25) is 0 Å². The van der Waals surface area contributed by atoms with E-state index in [-0.39, 0.29) is 35.5 Å². The van der Waals surface area contributed by atoms with Crippen LogP contribution in [-0.2, 0) is 33.1 Å². The number of carbonyl (C=O) groups excluding carboxylic acids is 1. The van der Waals surface area contributed by atoms with Crippen LogP contribution in [0.1, 0.15) is 35.6 Å². The molecular formula is C25H25N5O7.